The van der Waals surface area contributed by atoms with Crippen LogP contribution < -0.4 is 10.1 Å². The van der Waals surface area contributed by atoms with Crippen molar-refractivity contribution in [2.75, 3.05) is 13.1 Å². The molecule has 1 N–H and O–H groups in total. The topological polar surface area (TPSA) is 26.2 Å². The molecule has 0 unspecified atom stereocenters. The molecule has 3 aromatic rings. The van der Waals surface area contributed by atoms with Gasteiger partial charge in [0.15, 0.2) is 0 Å². The van der Waals surface area contributed by atoms with Crippen LogP contribution in [-0.2, 0) is 6.50 Å². The molecule has 1 aliphatic rings. The lowest BCUT2D eigenvalue weighted by Crippen LogP contribution is -2.16. The van der Waals surface area contributed by atoms with E-state index >= 15 is 0 Å². The maximum absolute atomic E-state index is 13.5. The lowest BCUT2D eigenvalue weighted by atomic mass is 10.1. The van der Waals surface area contributed by atoms with E-state index in [4.69, 9.17) is 24.6 Å². The van der Waals surface area contributed by atoms with E-state index in [0.29, 0.717) is 16.6 Å². The fourth-order valence-electron chi connectivity index (χ4n) is 2.45. The molecule has 0 aliphatic carbocycles. The summed E-state index contributed by atoms with van der Waals surface area (Å²) in [7, 11) is 0. The van der Waals surface area contributed by atoms with Gasteiger partial charge in [0.05, 0.1) is 13.3 Å². The van der Waals surface area contributed by atoms with E-state index in [-0.39, 0.29) is 22.2 Å². The minimum atomic E-state index is -2.87. The Morgan fingerprint density at radius 1 is 1.27 bits per heavy atom. The van der Waals surface area contributed by atoms with E-state index in [1.807, 2.05) is 5.32 Å². The average Bonchev–Trinajstić information content (AvgIpc) is 2.95. The molecule has 5 heteroatoms. The molecule has 2 aromatic carbocycles. The molecule has 0 saturated carbocycles. The van der Waals surface area contributed by atoms with Gasteiger partial charge in [-0.15, -0.1) is 0 Å². The Morgan fingerprint density at radius 2 is 2.18 bits per heavy atom. The van der Waals surface area contributed by atoms with Crippen molar-refractivity contribution < 1.29 is 17.4 Å². The Bertz CT molecular complexity index is 1100. The van der Waals surface area contributed by atoms with Crippen LogP contribution in [0.25, 0.3) is 16.6 Å². The third kappa shape index (κ3) is 2.25. The summed E-state index contributed by atoms with van der Waals surface area (Å²) < 4.78 is 68.1. The Kier molecular flexibility index (Phi) is 2.06. The maximum Gasteiger partial charge on any atom is 0.142 e. The molecule has 112 valence electrons. The van der Waals surface area contributed by atoms with Crippen LogP contribution in [0, 0.1) is 5.82 Å². The molecule has 0 saturated heterocycles. The normalized spacial score (nSPS) is 25.4. The van der Waals surface area contributed by atoms with Crippen molar-refractivity contribution in [1.29, 1.82) is 0 Å². The van der Waals surface area contributed by atoms with Crippen molar-refractivity contribution in [3.05, 3.63) is 59.0 Å². The maximum atomic E-state index is 13.5. The first-order chi connectivity index (χ1) is 12.9. The quantitative estimate of drug-likeness (QED) is 0.735. The second-order valence-electron chi connectivity index (χ2n) is 4.77. The summed E-state index contributed by atoms with van der Waals surface area (Å²) in [6.45, 7) is -8.16. The Labute approximate surface area is 140 Å². The first-order valence-corrected chi connectivity index (χ1v) is 6.88. The first-order valence-electron chi connectivity index (χ1n) is 9.51. The van der Waals surface area contributed by atoms with Crippen LogP contribution in [0.3, 0.4) is 0 Å². The second kappa shape index (κ2) is 5.30. The largest absolute Gasteiger partial charge is 0.490 e. The van der Waals surface area contributed by atoms with Crippen LogP contribution in [0.5, 0.6) is 5.75 Å². The molecule has 2 heterocycles. The minimum Gasteiger partial charge on any atom is -0.490 e. The highest BCUT2D eigenvalue weighted by atomic mass is 35.5. The van der Waals surface area contributed by atoms with Gasteiger partial charge in [-0.2, -0.15) is 0 Å². The minimum absolute atomic E-state index is 0.0799. The molecule has 3 nitrogen and oxygen atoms in total. The summed E-state index contributed by atoms with van der Waals surface area (Å²) >= 11 is 6.28. The summed E-state index contributed by atoms with van der Waals surface area (Å²) in [5.74, 6) is -0.666. The van der Waals surface area contributed by atoms with Crippen molar-refractivity contribution >= 4 is 22.5 Å². The predicted octanol–water partition coefficient (Wildman–Crippen LogP) is 3.91. The number of hydrogen-bond donors (Lipinski definition) is 1. The molecule has 0 radical (unpaired) electrons. The van der Waals surface area contributed by atoms with E-state index < -0.39 is 19.6 Å². The molecule has 0 atom stereocenters. The predicted molar refractivity (Wildman–Crippen MR) is 85.4 cm³/mol. The highest BCUT2D eigenvalue weighted by Gasteiger charge is 2.15. The van der Waals surface area contributed by atoms with Gasteiger partial charge >= 0.3 is 0 Å². The zero-order valence-electron chi connectivity index (χ0n) is 17.2. The molecular weight excluding hydrogens is 303 g/mol. The van der Waals surface area contributed by atoms with Crippen LogP contribution in [0.2, 0.25) is 5.02 Å². The molecule has 0 fully saturated rings. The molecule has 0 spiro atoms. The third-order valence-electron chi connectivity index (χ3n) is 3.42. The third-order valence-corrected chi connectivity index (χ3v) is 3.70. The number of rotatable bonds is 1. The Balaban J connectivity index is 1.93. The molecule has 1 aliphatic heterocycles. The van der Waals surface area contributed by atoms with Crippen LogP contribution >= 0.6 is 11.6 Å². The number of nitrogens with zero attached hydrogens (tertiary/aromatic N) is 1. The van der Waals surface area contributed by atoms with E-state index in [9.17, 15) is 4.39 Å². The van der Waals surface area contributed by atoms with E-state index in [1.165, 1.54) is 24.3 Å². The van der Waals surface area contributed by atoms with Gasteiger partial charge in [-0.1, -0.05) is 11.6 Å². The van der Waals surface area contributed by atoms with Gasteiger partial charge in [-0.25, -0.2) is 4.39 Å². The number of nitrogens with one attached hydrogen (secondary N) is 1. The summed E-state index contributed by atoms with van der Waals surface area (Å²) in [6.07, 6.45) is 1.67. The van der Waals surface area contributed by atoms with Gasteiger partial charge in [0, 0.05) is 41.3 Å². The van der Waals surface area contributed by atoms with Gasteiger partial charge < -0.3 is 14.6 Å². The number of fused-ring (bicyclic) bond motifs is 2. The van der Waals surface area contributed by atoms with Crippen LogP contribution in [0.4, 0.5) is 4.39 Å². The number of ether oxygens (including phenoxy) is 1. The fraction of sp³-hybridized carbons (Fsp3) is 0.176. The number of halogens is 2. The zero-order chi connectivity index (χ0) is 20.5. The van der Waals surface area contributed by atoms with Crippen LogP contribution in [0.1, 0.15) is 13.8 Å². The van der Waals surface area contributed by atoms with Gasteiger partial charge in [0.1, 0.15) is 18.1 Å². The highest BCUT2D eigenvalue weighted by Crippen LogP contribution is 2.34. The summed E-state index contributed by atoms with van der Waals surface area (Å²) in [5, 5.41) is 2.59. The van der Waals surface area contributed by atoms with Crippen molar-refractivity contribution in [3.63, 3.8) is 0 Å². The van der Waals surface area contributed by atoms with E-state index in [0.717, 1.165) is 0 Å². The highest BCUT2D eigenvalue weighted by molar-refractivity contribution is 6.32. The summed E-state index contributed by atoms with van der Waals surface area (Å²) in [4.78, 5) is 0. The van der Waals surface area contributed by atoms with E-state index in [2.05, 4.69) is 0 Å². The smallest absolute Gasteiger partial charge is 0.142 e. The monoisotopic (exact) mass is 322 g/mol. The van der Waals surface area contributed by atoms with Crippen LogP contribution in [-0.4, -0.2) is 17.6 Å². The summed E-state index contributed by atoms with van der Waals surface area (Å²) in [5.41, 5.74) is 0.943. The Morgan fingerprint density at radius 3 is 3.09 bits per heavy atom. The molecule has 0 bridgehead atoms. The average molecular weight is 323 g/mol. The van der Waals surface area contributed by atoms with Crippen molar-refractivity contribution in [2.24, 2.45) is 0 Å². The van der Waals surface area contributed by atoms with Gasteiger partial charge in [-0.3, -0.25) is 0 Å². The lowest BCUT2D eigenvalue weighted by molar-refractivity contribution is 0.326. The van der Waals surface area contributed by atoms with Crippen LogP contribution in [0.15, 0.2) is 42.6 Å². The molecule has 1 aromatic heterocycles. The SMILES string of the molecule is [2H]C1([2H])NC([2H])([2H])C([2H])([2H])Oc2c(Cl)cc(-n3ccc4cc(F)ccc43)cc21. The van der Waals surface area contributed by atoms with Gasteiger partial charge in [0.25, 0.3) is 0 Å². The Hall–Kier alpha value is -2.04. The van der Waals surface area contributed by atoms with Gasteiger partial charge in [-0.05, 0) is 36.4 Å². The molecule has 4 rings (SSSR count). The van der Waals surface area contributed by atoms with E-state index in [1.54, 1.807) is 22.9 Å². The number of aromatic nitrogens is 1. The number of hydrogen-bond acceptors (Lipinski definition) is 2. The molecule has 22 heavy (non-hydrogen) atoms. The lowest BCUT2D eigenvalue weighted by Gasteiger charge is -2.13. The molecular formula is C17H14ClFN2O. The second-order valence-corrected chi connectivity index (χ2v) is 5.18. The summed E-state index contributed by atoms with van der Waals surface area (Å²) in [6, 6.07) is 8.79. The standard InChI is InChI=1S/C17H14ClFN2O/c18-15-9-14(8-12-10-20-4-6-22-17(12)15)21-5-3-11-7-13(19)1-2-16(11)21/h1-3,5,7-9,20H,4,6,10H2/i4D2,6D2,10D2. The van der Waals surface area contributed by atoms with Crippen molar-refractivity contribution in [3.8, 4) is 11.4 Å². The fourth-order valence-corrected chi connectivity index (χ4v) is 2.71. The molecule has 0 amide bonds. The van der Waals surface area contributed by atoms with Gasteiger partial charge in [0.2, 0.25) is 0 Å². The number of benzene rings is 2. The van der Waals surface area contributed by atoms with Crippen molar-refractivity contribution in [2.45, 2.75) is 6.50 Å². The van der Waals surface area contributed by atoms with Crippen molar-refractivity contribution in [1.82, 2.24) is 9.88 Å². The first kappa shape index (κ1) is 8.56. The zero-order valence-corrected chi connectivity index (χ0v) is 11.9.